The fourth-order valence-electron chi connectivity index (χ4n) is 3.12. The highest BCUT2D eigenvalue weighted by atomic mass is 16.2. The van der Waals surface area contributed by atoms with Crippen LogP contribution in [-0.2, 0) is 9.59 Å². The maximum atomic E-state index is 12.3. The first-order chi connectivity index (χ1) is 9.70. The van der Waals surface area contributed by atoms with Crippen LogP contribution in [0.3, 0.4) is 0 Å². The van der Waals surface area contributed by atoms with Gasteiger partial charge in [-0.15, -0.1) is 0 Å². The Morgan fingerprint density at radius 2 is 1.80 bits per heavy atom. The standard InChI is InChI=1S/C15H27N3O2/c1-2-16-15(20)13-7-10-17(11-13)12-14(19)18-8-5-3-4-6-9-18/h13H,2-12H2,1H3,(H,16,20)/t13-/m1/s1. The first-order valence-corrected chi connectivity index (χ1v) is 7.98. The number of hydrogen-bond acceptors (Lipinski definition) is 3. The zero-order chi connectivity index (χ0) is 14.4. The van der Waals surface area contributed by atoms with Crippen LogP contribution < -0.4 is 5.32 Å². The van der Waals surface area contributed by atoms with E-state index in [1.807, 2.05) is 11.8 Å². The predicted octanol–water partition coefficient (Wildman–Crippen LogP) is 0.847. The summed E-state index contributed by atoms with van der Waals surface area (Å²) in [6.07, 6.45) is 5.62. The van der Waals surface area contributed by atoms with Crippen LogP contribution >= 0.6 is 0 Å². The summed E-state index contributed by atoms with van der Waals surface area (Å²) in [6, 6.07) is 0. The number of hydrogen-bond donors (Lipinski definition) is 1. The van der Waals surface area contributed by atoms with E-state index in [4.69, 9.17) is 0 Å². The van der Waals surface area contributed by atoms with Gasteiger partial charge in [-0.05, 0) is 32.7 Å². The van der Waals surface area contributed by atoms with Gasteiger partial charge in [0.25, 0.3) is 0 Å². The minimum atomic E-state index is 0.0619. The normalized spacial score (nSPS) is 24.4. The molecular weight excluding hydrogens is 254 g/mol. The molecule has 2 rings (SSSR count). The molecule has 0 saturated carbocycles. The lowest BCUT2D eigenvalue weighted by Crippen LogP contribution is -2.40. The third-order valence-electron chi connectivity index (χ3n) is 4.31. The molecule has 5 nitrogen and oxygen atoms in total. The van der Waals surface area contributed by atoms with Crippen molar-refractivity contribution in [2.45, 2.75) is 39.0 Å². The van der Waals surface area contributed by atoms with Crippen LogP contribution in [0.1, 0.15) is 39.0 Å². The van der Waals surface area contributed by atoms with Gasteiger partial charge in [0.2, 0.25) is 11.8 Å². The van der Waals surface area contributed by atoms with Crippen molar-refractivity contribution in [3.63, 3.8) is 0 Å². The lowest BCUT2D eigenvalue weighted by Gasteiger charge is -2.23. The molecule has 0 aromatic rings. The number of rotatable bonds is 4. The van der Waals surface area contributed by atoms with E-state index in [1.165, 1.54) is 12.8 Å². The van der Waals surface area contributed by atoms with E-state index < -0.39 is 0 Å². The molecule has 20 heavy (non-hydrogen) atoms. The lowest BCUT2D eigenvalue weighted by molar-refractivity contribution is -0.132. The highest BCUT2D eigenvalue weighted by molar-refractivity contribution is 5.80. The second kappa shape index (κ2) is 7.62. The number of carbonyl (C=O) groups is 2. The van der Waals surface area contributed by atoms with Crippen LogP contribution in [0, 0.1) is 5.92 Å². The van der Waals surface area contributed by atoms with Crippen molar-refractivity contribution < 1.29 is 9.59 Å². The van der Waals surface area contributed by atoms with Crippen molar-refractivity contribution in [1.29, 1.82) is 0 Å². The van der Waals surface area contributed by atoms with E-state index in [0.29, 0.717) is 13.1 Å². The molecule has 0 radical (unpaired) electrons. The zero-order valence-corrected chi connectivity index (χ0v) is 12.6. The van der Waals surface area contributed by atoms with Crippen LogP contribution in [0.25, 0.3) is 0 Å². The van der Waals surface area contributed by atoms with E-state index in [9.17, 15) is 9.59 Å². The second-order valence-electron chi connectivity index (χ2n) is 5.91. The third-order valence-corrected chi connectivity index (χ3v) is 4.31. The Morgan fingerprint density at radius 1 is 1.10 bits per heavy atom. The molecule has 2 aliphatic heterocycles. The number of likely N-dealkylation sites (tertiary alicyclic amines) is 2. The highest BCUT2D eigenvalue weighted by Crippen LogP contribution is 2.17. The summed E-state index contributed by atoms with van der Waals surface area (Å²) in [5.41, 5.74) is 0. The van der Waals surface area contributed by atoms with E-state index in [0.717, 1.165) is 45.4 Å². The smallest absolute Gasteiger partial charge is 0.236 e. The van der Waals surface area contributed by atoms with Crippen molar-refractivity contribution in [3.8, 4) is 0 Å². The summed E-state index contributed by atoms with van der Waals surface area (Å²) in [6.45, 7) is 6.51. The van der Waals surface area contributed by atoms with Crippen molar-refractivity contribution >= 4 is 11.8 Å². The Morgan fingerprint density at radius 3 is 2.45 bits per heavy atom. The number of nitrogens with zero attached hydrogens (tertiary/aromatic N) is 2. The Balaban J connectivity index is 1.76. The largest absolute Gasteiger partial charge is 0.356 e. The molecule has 2 aliphatic rings. The average Bonchev–Trinajstić information content (AvgIpc) is 2.73. The molecule has 2 fully saturated rings. The maximum absolute atomic E-state index is 12.3. The SMILES string of the molecule is CCNC(=O)[C@@H]1CCN(CC(=O)N2CCCCCC2)C1. The maximum Gasteiger partial charge on any atom is 0.236 e. The first-order valence-electron chi connectivity index (χ1n) is 7.98. The highest BCUT2D eigenvalue weighted by Gasteiger charge is 2.29. The van der Waals surface area contributed by atoms with Crippen molar-refractivity contribution in [1.82, 2.24) is 15.1 Å². The summed E-state index contributed by atoms with van der Waals surface area (Å²) in [4.78, 5) is 28.2. The summed E-state index contributed by atoms with van der Waals surface area (Å²) in [5, 5.41) is 2.87. The van der Waals surface area contributed by atoms with Gasteiger partial charge in [-0.1, -0.05) is 12.8 Å². The fourth-order valence-corrected chi connectivity index (χ4v) is 3.12. The van der Waals surface area contributed by atoms with Crippen LogP contribution in [0.5, 0.6) is 0 Å². The molecule has 2 heterocycles. The van der Waals surface area contributed by atoms with Crippen LogP contribution in [0.4, 0.5) is 0 Å². The molecule has 1 N–H and O–H groups in total. The van der Waals surface area contributed by atoms with Crippen LogP contribution in [0.15, 0.2) is 0 Å². The van der Waals surface area contributed by atoms with Gasteiger partial charge in [0.05, 0.1) is 12.5 Å². The second-order valence-corrected chi connectivity index (χ2v) is 5.91. The first kappa shape index (κ1) is 15.3. The molecule has 2 saturated heterocycles. The zero-order valence-electron chi connectivity index (χ0n) is 12.6. The molecule has 5 heteroatoms. The molecular formula is C15H27N3O2. The van der Waals surface area contributed by atoms with Gasteiger partial charge in [-0.3, -0.25) is 14.5 Å². The Labute approximate surface area is 121 Å². The fraction of sp³-hybridized carbons (Fsp3) is 0.867. The van der Waals surface area contributed by atoms with Crippen molar-refractivity contribution in [3.05, 3.63) is 0 Å². The van der Waals surface area contributed by atoms with Crippen LogP contribution in [0.2, 0.25) is 0 Å². The monoisotopic (exact) mass is 281 g/mol. The summed E-state index contributed by atoms with van der Waals surface area (Å²) in [5.74, 6) is 0.438. The average molecular weight is 281 g/mol. The third kappa shape index (κ3) is 4.20. The molecule has 0 spiro atoms. The van der Waals surface area contributed by atoms with Crippen molar-refractivity contribution in [2.75, 3.05) is 39.3 Å². The molecule has 0 bridgehead atoms. The number of carbonyl (C=O) groups excluding carboxylic acids is 2. The Bertz CT molecular complexity index is 338. The quantitative estimate of drug-likeness (QED) is 0.831. The molecule has 1 atom stereocenters. The van der Waals surface area contributed by atoms with Gasteiger partial charge in [0, 0.05) is 26.2 Å². The van der Waals surface area contributed by atoms with Gasteiger partial charge in [-0.2, -0.15) is 0 Å². The molecule has 0 aromatic heterocycles. The Hall–Kier alpha value is -1.10. The molecule has 2 amide bonds. The van der Waals surface area contributed by atoms with Gasteiger partial charge in [0.1, 0.15) is 0 Å². The van der Waals surface area contributed by atoms with E-state index in [-0.39, 0.29) is 17.7 Å². The summed E-state index contributed by atoms with van der Waals surface area (Å²) >= 11 is 0. The minimum Gasteiger partial charge on any atom is -0.356 e. The summed E-state index contributed by atoms with van der Waals surface area (Å²) in [7, 11) is 0. The number of nitrogens with one attached hydrogen (secondary N) is 1. The molecule has 114 valence electrons. The topological polar surface area (TPSA) is 52.7 Å². The van der Waals surface area contributed by atoms with Gasteiger partial charge >= 0.3 is 0 Å². The molecule has 0 aliphatic carbocycles. The lowest BCUT2D eigenvalue weighted by atomic mass is 10.1. The van der Waals surface area contributed by atoms with Crippen molar-refractivity contribution in [2.24, 2.45) is 5.92 Å². The van der Waals surface area contributed by atoms with E-state index in [1.54, 1.807) is 0 Å². The van der Waals surface area contributed by atoms with Gasteiger partial charge < -0.3 is 10.2 Å². The summed E-state index contributed by atoms with van der Waals surface area (Å²) < 4.78 is 0. The van der Waals surface area contributed by atoms with Gasteiger partial charge in [-0.25, -0.2) is 0 Å². The van der Waals surface area contributed by atoms with Gasteiger partial charge in [0.15, 0.2) is 0 Å². The number of amides is 2. The minimum absolute atomic E-state index is 0.0619. The Kier molecular flexibility index (Phi) is 5.83. The van der Waals surface area contributed by atoms with E-state index in [2.05, 4.69) is 10.2 Å². The van der Waals surface area contributed by atoms with Crippen LogP contribution in [-0.4, -0.2) is 60.9 Å². The molecule has 0 unspecified atom stereocenters. The molecule has 0 aromatic carbocycles. The van der Waals surface area contributed by atoms with E-state index >= 15 is 0 Å². The predicted molar refractivity (Wildman–Crippen MR) is 78.3 cm³/mol.